The van der Waals surface area contributed by atoms with Gasteiger partial charge in [-0.05, 0) is 43.2 Å². The van der Waals surface area contributed by atoms with Gasteiger partial charge in [-0.2, -0.15) is 4.98 Å². The monoisotopic (exact) mass is 453 g/mol. The van der Waals surface area contributed by atoms with E-state index in [9.17, 15) is 4.79 Å². The lowest BCUT2D eigenvalue weighted by atomic mass is 10.1. The van der Waals surface area contributed by atoms with E-state index in [2.05, 4.69) is 15.3 Å². The fourth-order valence-corrected chi connectivity index (χ4v) is 3.67. The van der Waals surface area contributed by atoms with Crippen molar-refractivity contribution in [3.05, 3.63) is 95.2 Å². The molecule has 1 aromatic heterocycles. The molecule has 1 aliphatic heterocycles. The molecular weight excluding hydrogens is 430 g/mol. The summed E-state index contributed by atoms with van der Waals surface area (Å²) in [6, 6.07) is 21.0. The molecule has 5 rings (SSSR count). The number of nitrogens with one attached hydrogen (secondary N) is 1. The highest BCUT2D eigenvalue weighted by atomic mass is 16.7. The highest BCUT2D eigenvalue weighted by molar-refractivity contribution is 5.96. The second-order valence-electron chi connectivity index (χ2n) is 8.02. The molecule has 0 spiro atoms. The SMILES string of the molecule is Cc1ccc(Oc2nc(-c3ccccc3)ncc2C(=O)NCc2ccc3c(c2)OCO3)c(C)c1. The molecule has 7 heteroatoms. The van der Waals surface area contributed by atoms with Crippen LogP contribution in [-0.2, 0) is 6.54 Å². The first-order chi connectivity index (χ1) is 16.6. The Balaban J connectivity index is 1.43. The first-order valence-electron chi connectivity index (χ1n) is 10.9. The van der Waals surface area contributed by atoms with Crippen molar-refractivity contribution in [3.63, 3.8) is 0 Å². The molecule has 0 saturated carbocycles. The van der Waals surface area contributed by atoms with Crippen LogP contribution in [0.15, 0.2) is 72.9 Å². The second kappa shape index (κ2) is 9.23. The van der Waals surface area contributed by atoms with E-state index in [1.54, 1.807) is 0 Å². The zero-order valence-corrected chi connectivity index (χ0v) is 18.9. The van der Waals surface area contributed by atoms with Crippen molar-refractivity contribution < 1.29 is 19.0 Å². The average molecular weight is 453 g/mol. The van der Waals surface area contributed by atoms with E-state index in [1.807, 2.05) is 80.6 Å². The Morgan fingerprint density at radius 2 is 1.82 bits per heavy atom. The Morgan fingerprint density at radius 1 is 1.00 bits per heavy atom. The minimum absolute atomic E-state index is 0.198. The number of hydrogen-bond donors (Lipinski definition) is 1. The van der Waals surface area contributed by atoms with E-state index in [1.165, 1.54) is 6.20 Å². The first kappa shape index (κ1) is 21.5. The van der Waals surface area contributed by atoms with Crippen LogP contribution >= 0.6 is 0 Å². The highest BCUT2D eigenvalue weighted by Crippen LogP contribution is 2.33. The van der Waals surface area contributed by atoms with Crippen LogP contribution in [0.2, 0.25) is 0 Å². The quantitative estimate of drug-likeness (QED) is 0.432. The van der Waals surface area contributed by atoms with Crippen LogP contribution in [0.1, 0.15) is 27.0 Å². The smallest absolute Gasteiger partial charge is 0.258 e. The fourth-order valence-electron chi connectivity index (χ4n) is 3.67. The van der Waals surface area contributed by atoms with Gasteiger partial charge in [-0.25, -0.2) is 4.98 Å². The maximum atomic E-state index is 13.1. The summed E-state index contributed by atoms with van der Waals surface area (Å²) in [5.41, 5.74) is 4.04. The number of nitrogens with zero attached hydrogens (tertiary/aromatic N) is 2. The summed E-state index contributed by atoms with van der Waals surface area (Å²) < 4.78 is 16.9. The van der Waals surface area contributed by atoms with Gasteiger partial charge in [0.2, 0.25) is 12.7 Å². The van der Waals surface area contributed by atoms with Gasteiger partial charge >= 0.3 is 0 Å². The molecule has 0 bridgehead atoms. The fraction of sp³-hybridized carbons (Fsp3) is 0.148. The van der Waals surface area contributed by atoms with Gasteiger partial charge in [0.15, 0.2) is 17.3 Å². The summed E-state index contributed by atoms with van der Waals surface area (Å²) in [5, 5.41) is 2.92. The number of hydrogen-bond acceptors (Lipinski definition) is 6. The van der Waals surface area contributed by atoms with Crippen molar-refractivity contribution in [3.8, 4) is 34.5 Å². The lowest BCUT2D eigenvalue weighted by Crippen LogP contribution is -2.24. The molecular formula is C27H23N3O4. The summed E-state index contributed by atoms with van der Waals surface area (Å²) >= 11 is 0. The molecule has 4 aromatic rings. The Bertz CT molecular complexity index is 1360. The van der Waals surface area contributed by atoms with Gasteiger partial charge in [-0.3, -0.25) is 4.79 Å². The molecule has 1 N–H and O–H groups in total. The molecule has 7 nitrogen and oxygen atoms in total. The number of fused-ring (bicyclic) bond motifs is 1. The third-order valence-corrected chi connectivity index (χ3v) is 5.46. The predicted octanol–water partition coefficient (Wildman–Crippen LogP) is 5.21. The van der Waals surface area contributed by atoms with Crippen molar-refractivity contribution in [2.45, 2.75) is 20.4 Å². The Kier molecular flexibility index (Phi) is 5.82. The van der Waals surface area contributed by atoms with Gasteiger partial charge in [0.25, 0.3) is 5.91 Å². The van der Waals surface area contributed by atoms with Crippen LogP contribution in [-0.4, -0.2) is 22.7 Å². The Hall–Kier alpha value is -4.39. The van der Waals surface area contributed by atoms with E-state index >= 15 is 0 Å². The van der Waals surface area contributed by atoms with Gasteiger partial charge in [0.1, 0.15) is 11.3 Å². The minimum atomic E-state index is -0.336. The lowest BCUT2D eigenvalue weighted by molar-refractivity contribution is 0.0947. The average Bonchev–Trinajstić information content (AvgIpc) is 3.33. The number of aryl methyl sites for hydroxylation is 2. The van der Waals surface area contributed by atoms with Crippen molar-refractivity contribution in [1.29, 1.82) is 0 Å². The Labute approximate surface area is 197 Å². The molecule has 34 heavy (non-hydrogen) atoms. The molecule has 0 aliphatic carbocycles. The zero-order valence-electron chi connectivity index (χ0n) is 18.9. The predicted molar refractivity (Wildman–Crippen MR) is 127 cm³/mol. The van der Waals surface area contributed by atoms with Crippen molar-refractivity contribution in [2.75, 3.05) is 6.79 Å². The third kappa shape index (κ3) is 4.54. The molecule has 0 unspecified atom stereocenters. The van der Waals surface area contributed by atoms with Crippen LogP contribution in [0.4, 0.5) is 0 Å². The molecule has 0 atom stereocenters. The molecule has 0 fully saturated rings. The van der Waals surface area contributed by atoms with Crippen LogP contribution in [0.5, 0.6) is 23.1 Å². The van der Waals surface area contributed by atoms with Gasteiger partial charge < -0.3 is 19.5 Å². The Morgan fingerprint density at radius 3 is 2.65 bits per heavy atom. The first-order valence-corrected chi connectivity index (χ1v) is 10.9. The number of benzene rings is 3. The molecule has 0 radical (unpaired) electrons. The largest absolute Gasteiger partial charge is 0.454 e. The number of carbonyl (C=O) groups is 1. The molecule has 1 aliphatic rings. The van der Waals surface area contributed by atoms with Crippen molar-refractivity contribution in [1.82, 2.24) is 15.3 Å². The summed E-state index contributed by atoms with van der Waals surface area (Å²) in [5.74, 6) is 2.34. The van der Waals surface area contributed by atoms with Crippen LogP contribution in [0, 0.1) is 13.8 Å². The molecule has 2 heterocycles. The van der Waals surface area contributed by atoms with Crippen LogP contribution < -0.4 is 19.5 Å². The molecule has 170 valence electrons. The number of carbonyl (C=O) groups excluding carboxylic acids is 1. The van der Waals surface area contributed by atoms with E-state index < -0.39 is 0 Å². The van der Waals surface area contributed by atoms with Crippen LogP contribution in [0.25, 0.3) is 11.4 Å². The van der Waals surface area contributed by atoms with E-state index in [0.29, 0.717) is 29.6 Å². The molecule has 0 saturated heterocycles. The van der Waals surface area contributed by atoms with Crippen LogP contribution in [0.3, 0.4) is 0 Å². The normalized spacial score (nSPS) is 11.8. The van der Waals surface area contributed by atoms with E-state index in [-0.39, 0.29) is 24.1 Å². The molecule has 3 aromatic carbocycles. The highest BCUT2D eigenvalue weighted by Gasteiger charge is 2.19. The lowest BCUT2D eigenvalue weighted by Gasteiger charge is -2.13. The summed E-state index contributed by atoms with van der Waals surface area (Å²) in [7, 11) is 0. The van der Waals surface area contributed by atoms with Crippen molar-refractivity contribution in [2.24, 2.45) is 0 Å². The van der Waals surface area contributed by atoms with Gasteiger partial charge in [0, 0.05) is 18.3 Å². The summed E-state index contributed by atoms with van der Waals surface area (Å²) in [6.07, 6.45) is 1.50. The summed E-state index contributed by atoms with van der Waals surface area (Å²) in [6.45, 7) is 4.49. The van der Waals surface area contributed by atoms with Gasteiger partial charge in [-0.15, -0.1) is 0 Å². The molecule has 1 amide bonds. The number of rotatable bonds is 6. The minimum Gasteiger partial charge on any atom is -0.454 e. The number of amides is 1. The standard InChI is InChI=1S/C27H23N3O4/c1-17-8-10-22(18(2)12-17)34-27-21(15-28-25(30-27)20-6-4-3-5-7-20)26(31)29-14-19-9-11-23-24(13-19)33-16-32-23/h3-13,15H,14,16H2,1-2H3,(H,29,31). The van der Waals surface area contributed by atoms with E-state index in [0.717, 1.165) is 22.3 Å². The van der Waals surface area contributed by atoms with Gasteiger partial charge in [0.05, 0.1) is 0 Å². The van der Waals surface area contributed by atoms with E-state index in [4.69, 9.17) is 14.2 Å². The zero-order chi connectivity index (χ0) is 23.5. The van der Waals surface area contributed by atoms with Crippen molar-refractivity contribution >= 4 is 5.91 Å². The maximum absolute atomic E-state index is 13.1. The maximum Gasteiger partial charge on any atom is 0.258 e. The summed E-state index contributed by atoms with van der Waals surface area (Å²) in [4.78, 5) is 22.1. The second-order valence-corrected chi connectivity index (χ2v) is 8.02. The van der Waals surface area contributed by atoms with Gasteiger partial charge in [-0.1, -0.05) is 54.1 Å². The topological polar surface area (TPSA) is 82.6 Å². The third-order valence-electron chi connectivity index (χ3n) is 5.46. The number of ether oxygens (including phenoxy) is 3. The number of aromatic nitrogens is 2.